The molecule has 2 aliphatic rings. The van der Waals surface area contributed by atoms with Gasteiger partial charge in [-0.15, -0.1) is 0 Å². The van der Waals surface area contributed by atoms with E-state index in [0.717, 1.165) is 25.0 Å². The molecule has 5 nitrogen and oxygen atoms in total. The number of carbonyl (C=O) groups excluding carboxylic acids is 2. The van der Waals surface area contributed by atoms with Crippen molar-refractivity contribution in [3.05, 3.63) is 29.3 Å². The van der Waals surface area contributed by atoms with Gasteiger partial charge in [0.2, 0.25) is 11.8 Å². The van der Waals surface area contributed by atoms with Crippen LogP contribution in [0.5, 0.6) is 0 Å². The topological polar surface area (TPSA) is 61.4 Å². The zero-order chi connectivity index (χ0) is 18.7. The molecule has 8 heteroatoms. The van der Waals surface area contributed by atoms with E-state index in [2.05, 4.69) is 10.6 Å². The first-order valence-corrected chi connectivity index (χ1v) is 8.87. The lowest BCUT2D eigenvalue weighted by molar-refractivity contribution is -0.137. The predicted octanol–water partition coefficient (Wildman–Crippen LogP) is 2.24. The summed E-state index contributed by atoms with van der Waals surface area (Å²) in [4.78, 5) is 26.1. The number of carbonyl (C=O) groups is 2. The van der Waals surface area contributed by atoms with Crippen molar-refractivity contribution in [3.8, 4) is 0 Å². The molecule has 142 valence electrons. The molecule has 3 rings (SSSR count). The second-order valence-corrected chi connectivity index (χ2v) is 6.77. The molecule has 0 unspecified atom stereocenters. The standard InChI is InChI=1S/C18H22F3N3O2/c19-18(20,21)13-6-7-15-12(10-13)4-3-9-24(15)11-16(25)23-14-5-1-2-8-22-17(14)26/h6-7,10,14H,1-5,8-9,11H2,(H,22,26)(H,23,25)/t14-/m1/s1. The molecule has 0 bridgehead atoms. The molecular weight excluding hydrogens is 347 g/mol. The highest BCUT2D eigenvalue weighted by atomic mass is 19.4. The summed E-state index contributed by atoms with van der Waals surface area (Å²) in [5.74, 6) is -0.468. The van der Waals surface area contributed by atoms with Gasteiger partial charge in [0.25, 0.3) is 0 Å². The Labute approximate surface area is 149 Å². The molecule has 1 aromatic rings. The number of hydrogen-bond acceptors (Lipinski definition) is 3. The summed E-state index contributed by atoms with van der Waals surface area (Å²) in [7, 11) is 0. The van der Waals surface area contributed by atoms with E-state index in [9.17, 15) is 22.8 Å². The van der Waals surface area contributed by atoms with Crippen LogP contribution in [-0.2, 0) is 22.2 Å². The third kappa shape index (κ3) is 4.28. The van der Waals surface area contributed by atoms with Crippen molar-refractivity contribution in [1.29, 1.82) is 0 Å². The van der Waals surface area contributed by atoms with Crippen LogP contribution in [0.25, 0.3) is 0 Å². The SMILES string of the molecule is O=C(CN1CCCc2cc(C(F)(F)F)ccc21)N[C@@H]1CCCCNC1=O. The lowest BCUT2D eigenvalue weighted by Gasteiger charge is -2.31. The Balaban J connectivity index is 1.67. The first-order valence-electron chi connectivity index (χ1n) is 8.87. The second-order valence-electron chi connectivity index (χ2n) is 6.77. The number of anilines is 1. The number of hydrogen-bond donors (Lipinski definition) is 2. The Morgan fingerprint density at radius 1 is 1.27 bits per heavy atom. The van der Waals surface area contributed by atoms with E-state index in [-0.39, 0.29) is 18.4 Å². The molecule has 2 N–H and O–H groups in total. The minimum atomic E-state index is -4.37. The van der Waals surface area contributed by atoms with E-state index in [0.29, 0.717) is 43.6 Å². The van der Waals surface area contributed by atoms with Crippen LogP contribution >= 0.6 is 0 Å². The van der Waals surface area contributed by atoms with Gasteiger partial charge in [-0.2, -0.15) is 13.2 Å². The summed E-state index contributed by atoms with van der Waals surface area (Å²) in [6.45, 7) is 1.25. The van der Waals surface area contributed by atoms with Crippen LogP contribution in [0, 0.1) is 0 Å². The molecule has 0 radical (unpaired) electrons. The highest BCUT2D eigenvalue weighted by Crippen LogP contribution is 2.35. The maximum absolute atomic E-state index is 12.9. The summed E-state index contributed by atoms with van der Waals surface area (Å²) < 4.78 is 38.6. The molecule has 1 saturated heterocycles. The van der Waals surface area contributed by atoms with Gasteiger partial charge < -0.3 is 15.5 Å². The summed E-state index contributed by atoms with van der Waals surface area (Å²) >= 11 is 0. The van der Waals surface area contributed by atoms with Crippen molar-refractivity contribution in [2.75, 3.05) is 24.5 Å². The fourth-order valence-corrected chi connectivity index (χ4v) is 3.51. The number of nitrogens with one attached hydrogen (secondary N) is 2. The Bertz CT molecular complexity index is 691. The fraction of sp³-hybridized carbons (Fsp3) is 0.556. The molecule has 0 aromatic heterocycles. The highest BCUT2D eigenvalue weighted by Gasteiger charge is 2.32. The number of fused-ring (bicyclic) bond motifs is 1. The smallest absolute Gasteiger partial charge is 0.362 e. The van der Waals surface area contributed by atoms with E-state index in [1.54, 1.807) is 4.90 Å². The van der Waals surface area contributed by atoms with Gasteiger partial charge in [-0.1, -0.05) is 0 Å². The molecule has 0 aliphatic carbocycles. The number of aryl methyl sites for hydroxylation is 1. The molecule has 2 heterocycles. The lowest BCUT2D eigenvalue weighted by Crippen LogP contribution is -2.49. The monoisotopic (exact) mass is 369 g/mol. The van der Waals surface area contributed by atoms with E-state index in [4.69, 9.17) is 0 Å². The van der Waals surface area contributed by atoms with Crippen LogP contribution < -0.4 is 15.5 Å². The maximum Gasteiger partial charge on any atom is 0.416 e. The number of benzene rings is 1. The molecule has 1 atom stereocenters. The predicted molar refractivity (Wildman–Crippen MR) is 90.8 cm³/mol. The molecule has 2 amide bonds. The molecule has 26 heavy (non-hydrogen) atoms. The normalized spacial score (nSPS) is 20.8. The van der Waals surface area contributed by atoms with E-state index in [1.165, 1.54) is 6.07 Å². The van der Waals surface area contributed by atoms with E-state index >= 15 is 0 Å². The Kier molecular flexibility index (Phi) is 5.38. The average molecular weight is 369 g/mol. The molecule has 0 saturated carbocycles. The largest absolute Gasteiger partial charge is 0.416 e. The summed E-state index contributed by atoms with van der Waals surface area (Å²) in [6.07, 6.45) is -0.784. The second kappa shape index (κ2) is 7.55. The first-order chi connectivity index (χ1) is 12.3. The fourth-order valence-electron chi connectivity index (χ4n) is 3.51. The Morgan fingerprint density at radius 2 is 2.08 bits per heavy atom. The minimum Gasteiger partial charge on any atom is -0.362 e. The van der Waals surface area contributed by atoms with Crippen molar-refractivity contribution < 1.29 is 22.8 Å². The molecular formula is C18H22F3N3O2. The van der Waals surface area contributed by atoms with Gasteiger partial charge >= 0.3 is 6.18 Å². The third-order valence-corrected chi connectivity index (χ3v) is 4.83. The van der Waals surface area contributed by atoms with Crippen LogP contribution in [0.3, 0.4) is 0 Å². The zero-order valence-corrected chi connectivity index (χ0v) is 14.4. The van der Waals surface area contributed by atoms with Crippen molar-refractivity contribution in [3.63, 3.8) is 0 Å². The Morgan fingerprint density at radius 3 is 2.85 bits per heavy atom. The van der Waals surface area contributed by atoms with Gasteiger partial charge in [0.05, 0.1) is 12.1 Å². The maximum atomic E-state index is 12.9. The highest BCUT2D eigenvalue weighted by molar-refractivity contribution is 5.89. The van der Waals surface area contributed by atoms with Gasteiger partial charge in [0.15, 0.2) is 0 Å². The number of nitrogens with zero attached hydrogens (tertiary/aromatic N) is 1. The van der Waals surface area contributed by atoms with Gasteiger partial charge in [0.1, 0.15) is 6.04 Å². The Hall–Kier alpha value is -2.25. The van der Waals surface area contributed by atoms with Crippen molar-refractivity contribution in [1.82, 2.24) is 10.6 Å². The van der Waals surface area contributed by atoms with Crippen LogP contribution in [0.15, 0.2) is 18.2 Å². The number of alkyl halides is 3. The van der Waals surface area contributed by atoms with Gasteiger partial charge in [-0.3, -0.25) is 9.59 Å². The lowest BCUT2D eigenvalue weighted by atomic mass is 9.99. The van der Waals surface area contributed by atoms with E-state index < -0.39 is 17.8 Å². The molecule has 1 aromatic carbocycles. The summed E-state index contributed by atoms with van der Waals surface area (Å²) in [5.41, 5.74) is 0.591. The zero-order valence-electron chi connectivity index (χ0n) is 14.4. The number of rotatable bonds is 3. The van der Waals surface area contributed by atoms with Gasteiger partial charge in [-0.25, -0.2) is 0 Å². The van der Waals surface area contributed by atoms with Crippen molar-refractivity contribution in [2.45, 2.75) is 44.3 Å². The van der Waals surface area contributed by atoms with Crippen LogP contribution in [-0.4, -0.2) is 37.5 Å². The van der Waals surface area contributed by atoms with Crippen molar-refractivity contribution in [2.24, 2.45) is 0 Å². The van der Waals surface area contributed by atoms with Crippen LogP contribution in [0.2, 0.25) is 0 Å². The van der Waals surface area contributed by atoms with Crippen LogP contribution in [0.1, 0.15) is 36.8 Å². The van der Waals surface area contributed by atoms with Gasteiger partial charge in [0, 0.05) is 18.8 Å². The molecule has 0 spiro atoms. The summed E-state index contributed by atoms with van der Waals surface area (Å²) in [6, 6.07) is 3.11. The first kappa shape index (κ1) is 18.5. The van der Waals surface area contributed by atoms with Gasteiger partial charge in [-0.05, 0) is 55.9 Å². The number of amides is 2. The van der Waals surface area contributed by atoms with Crippen molar-refractivity contribution >= 4 is 17.5 Å². The quantitative estimate of drug-likeness (QED) is 0.859. The average Bonchev–Trinajstić information content (AvgIpc) is 2.78. The van der Waals surface area contributed by atoms with E-state index in [1.807, 2.05) is 0 Å². The summed E-state index contributed by atoms with van der Waals surface area (Å²) in [5, 5.41) is 5.52. The van der Waals surface area contributed by atoms with Crippen LogP contribution in [0.4, 0.5) is 18.9 Å². The molecule has 2 aliphatic heterocycles. The molecule has 1 fully saturated rings. The number of halogens is 3. The third-order valence-electron chi connectivity index (χ3n) is 4.83. The minimum absolute atomic E-state index is 0.0299.